The summed E-state index contributed by atoms with van der Waals surface area (Å²) in [6.07, 6.45) is 6.17. The molecule has 0 atom stereocenters. The van der Waals surface area contributed by atoms with E-state index >= 15 is 0 Å². The van der Waals surface area contributed by atoms with Crippen molar-refractivity contribution < 1.29 is 9.42 Å². The maximum atomic E-state index is 14.0. The first-order chi connectivity index (χ1) is 19.6. The molecule has 6 nitrogen and oxygen atoms in total. The number of pyridine rings is 1. The summed E-state index contributed by atoms with van der Waals surface area (Å²) in [4.78, 5) is 16.1. The van der Waals surface area contributed by atoms with Gasteiger partial charge < -0.3 is 9.64 Å². The molecule has 194 valence electrons. The number of hydrogen-bond donors (Lipinski definition) is 0. The number of hydrazone groups is 1. The lowest BCUT2D eigenvalue weighted by Gasteiger charge is -2.29. The topological polar surface area (TPSA) is 40.7 Å². The van der Waals surface area contributed by atoms with Crippen LogP contribution in [0.1, 0.15) is 5.56 Å². The van der Waals surface area contributed by atoms with Gasteiger partial charge in [0.1, 0.15) is 5.69 Å². The van der Waals surface area contributed by atoms with Crippen LogP contribution in [0.4, 0.5) is 17.1 Å². The molecule has 7 rings (SSSR count). The number of allylic oxidation sites excluding steroid dienone is 2. The molecule has 2 aliphatic heterocycles. The van der Waals surface area contributed by atoms with E-state index in [-0.39, 0.29) is 5.56 Å². The van der Waals surface area contributed by atoms with E-state index in [9.17, 15) is 4.79 Å². The molecular weight excluding hydrogens is 496 g/mol. The van der Waals surface area contributed by atoms with E-state index < -0.39 is 0 Å². The van der Waals surface area contributed by atoms with Crippen molar-refractivity contribution in [3.63, 3.8) is 0 Å². The zero-order chi connectivity index (χ0) is 27.2. The van der Waals surface area contributed by atoms with Gasteiger partial charge in [0.05, 0.1) is 17.1 Å². The molecule has 0 bridgehead atoms. The highest BCUT2D eigenvalue weighted by Crippen LogP contribution is 2.42. The van der Waals surface area contributed by atoms with Crippen LogP contribution in [0.5, 0.6) is 5.88 Å². The van der Waals surface area contributed by atoms with Crippen LogP contribution in [0.3, 0.4) is 0 Å². The Morgan fingerprint density at radius 2 is 1.38 bits per heavy atom. The van der Waals surface area contributed by atoms with Crippen molar-refractivity contribution in [3.05, 3.63) is 143 Å². The largest absolute Gasteiger partial charge is 0.399 e. The van der Waals surface area contributed by atoms with Crippen molar-refractivity contribution >= 4 is 39.3 Å². The van der Waals surface area contributed by atoms with E-state index in [4.69, 9.17) is 4.74 Å². The lowest BCUT2D eigenvalue weighted by molar-refractivity contribution is -0.509. The van der Waals surface area contributed by atoms with Gasteiger partial charge in [0.2, 0.25) is 5.88 Å². The lowest BCUT2D eigenvalue weighted by atomic mass is 10.00. The van der Waals surface area contributed by atoms with E-state index in [1.165, 1.54) is 0 Å². The Morgan fingerprint density at radius 3 is 2.12 bits per heavy atom. The summed E-state index contributed by atoms with van der Waals surface area (Å²) in [6.45, 7) is 0. The van der Waals surface area contributed by atoms with Crippen molar-refractivity contribution in [1.29, 1.82) is 0 Å². The average molecular weight is 524 g/mol. The minimum Gasteiger partial charge on any atom is -0.383 e. The molecule has 0 saturated heterocycles. The molecule has 0 fully saturated rings. The van der Waals surface area contributed by atoms with Crippen molar-refractivity contribution in [2.24, 2.45) is 0 Å². The van der Waals surface area contributed by atoms with Gasteiger partial charge in [0.15, 0.2) is 12.7 Å². The van der Waals surface area contributed by atoms with Crippen molar-refractivity contribution in [2.45, 2.75) is 0 Å². The normalized spacial score (nSPS) is 15.3. The number of rotatable bonds is 3. The van der Waals surface area contributed by atoms with E-state index in [0.29, 0.717) is 17.2 Å². The summed E-state index contributed by atoms with van der Waals surface area (Å²) in [5, 5.41) is 3.57. The van der Waals surface area contributed by atoms with E-state index in [0.717, 1.165) is 39.3 Å². The van der Waals surface area contributed by atoms with Crippen LogP contribution >= 0.6 is 0 Å². The fraction of sp³-hybridized carbons (Fsp3) is 0.0588. The van der Waals surface area contributed by atoms with Crippen LogP contribution in [0.15, 0.2) is 132 Å². The Balaban J connectivity index is 1.54. The Morgan fingerprint density at radius 1 is 0.750 bits per heavy atom. The van der Waals surface area contributed by atoms with Crippen LogP contribution in [0.25, 0.3) is 22.0 Å². The fourth-order valence-corrected chi connectivity index (χ4v) is 5.47. The smallest absolute Gasteiger partial charge is 0.383 e. The third-order valence-electron chi connectivity index (χ3n) is 7.42. The maximum absolute atomic E-state index is 14.0. The van der Waals surface area contributed by atoms with Crippen molar-refractivity contribution in [3.8, 4) is 11.6 Å². The first-order valence-electron chi connectivity index (χ1n) is 13.2. The van der Waals surface area contributed by atoms with Gasteiger partial charge in [-0.3, -0.25) is 4.79 Å². The summed E-state index contributed by atoms with van der Waals surface area (Å²) in [5.41, 5.74) is 5.60. The highest BCUT2D eigenvalue weighted by Gasteiger charge is 2.37. The predicted octanol–water partition coefficient (Wildman–Crippen LogP) is 6.52. The van der Waals surface area contributed by atoms with Gasteiger partial charge in [-0.2, -0.15) is 0 Å². The molecule has 0 N–H and O–H groups in total. The maximum Gasteiger partial charge on any atom is 0.399 e. The number of anilines is 3. The summed E-state index contributed by atoms with van der Waals surface area (Å²) < 4.78 is 10.4. The third kappa shape index (κ3) is 3.73. The Kier molecular flexibility index (Phi) is 5.60. The molecule has 0 spiro atoms. The lowest BCUT2D eigenvalue weighted by Crippen LogP contribution is -2.41. The molecule has 0 unspecified atom stereocenters. The molecule has 0 amide bonds. The number of hydrogen-bond acceptors (Lipinski definition) is 4. The first-order valence-corrected chi connectivity index (χ1v) is 13.2. The predicted molar refractivity (Wildman–Crippen MR) is 162 cm³/mol. The SMILES string of the molecule is CN1C=C/C(=C\C2=[N+](C)N(c3ccccc3)c3c(n(-c4ccccc4)c(=O)c4ccccc34)O2)c2ccccc21. The summed E-state index contributed by atoms with van der Waals surface area (Å²) in [6, 6.07) is 35.8. The highest BCUT2D eigenvalue weighted by molar-refractivity contribution is 6.04. The minimum absolute atomic E-state index is 0.130. The average Bonchev–Trinajstić information content (AvgIpc) is 3.00. The monoisotopic (exact) mass is 523 g/mol. The van der Waals surface area contributed by atoms with Gasteiger partial charge in [-0.25, -0.2) is 4.57 Å². The molecule has 0 radical (unpaired) electrons. The van der Waals surface area contributed by atoms with Crippen molar-refractivity contribution in [1.82, 2.24) is 4.57 Å². The Labute approximate surface area is 232 Å². The zero-order valence-corrected chi connectivity index (χ0v) is 22.2. The van der Waals surface area contributed by atoms with Gasteiger partial charge in [0.25, 0.3) is 5.56 Å². The molecule has 0 saturated carbocycles. The number of ether oxygens (including phenoxy) is 1. The standard InChI is InChI=1S/C34H27N4O2/c1-35-22-21-24(27-17-11-12-20-30(27)35)23-31-36(2)38(26-15-7-4-8-16-26)32-28-18-9-10-19-29(28)33(39)37(34(32)40-31)25-13-5-3-6-14-25/h3-23H,1-2H3/q+1. The molecule has 1 aromatic heterocycles. The molecule has 2 aliphatic rings. The Hall–Kier alpha value is -5.36. The number of aromatic nitrogens is 1. The zero-order valence-electron chi connectivity index (χ0n) is 22.2. The van der Waals surface area contributed by atoms with E-state index in [2.05, 4.69) is 40.3 Å². The van der Waals surface area contributed by atoms with Gasteiger partial charge in [-0.15, -0.1) is 5.01 Å². The van der Waals surface area contributed by atoms with Crippen LogP contribution in [-0.4, -0.2) is 29.2 Å². The second-order valence-corrected chi connectivity index (χ2v) is 9.83. The number of fused-ring (bicyclic) bond motifs is 4. The van der Waals surface area contributed by atoms with Gasteiger partial charge in [-0.05, 0) is 48.0 Å². The summed E-state index contributed by atoms with van der Waals surface area (Å²) in [7, 11) is 4.03. The van der Waals surface area contributed by atoms with Crippen LogP contribution < -0.4 is 20.2 Å². The number of hydrazine groups is 1. The molecule has 0 aliphatic carbocycles. The highest BCUT2D eigenvalue weighted by atomic mass is 16.5. The van der Waals surface area contributed by atoms with Crippen LogP contribution in [0.2, 0.25) is 0 Å². The summed E-state index contributed by atoms with van der Waals surface area (Å²) >= 11 is 0. The number of benzene rings is 4. The number of nitrogens with zero attached hydrogens (tertiary/aromatic N) is 4. The minimum atomic E-state index is -0.130. The molecule has 6 heteroatoms. The molecule has 5 aromatic rings. The van der Waals surface area contributed by atoms with Gasteiger partial charge in [-0.1, -0.05) is 77.5 Å². The van der Waals surface area contributed by atoms with Gasteiger partial charge in [0, 0.05) is 29.9 Å². The van der Waals surface area contributed by atoms with Gasteiger partial charge >= 0.3 is 5.90 Å². The molecular formula is C34H27N4O2+. The van der Waals surface area contributed by atoms with Crippen LogP contribution in [-0.2, 0) is 0 Å². The molecule has 3 heterocycles. The number of para-hydroxylation sites is 3. The summed E-state index contributed by atoms with van der Waals surface area (Å²) in [5.74, 6) is 1.06. The third-order valence-corrected chi connectivity index (χ3v) is 7.42. The van der Waals surface area contributed by atoms with E-state index in [1.807, 2.05) is 116 Å². The first kappa shape index (κ1) is 23.7. The van der Waals surface area contributed by atoms with Crippen molar-refractivity contribution in [2.75, 3.05) is 24.0 Å². The quantitative estimate of drug-likeness (QED) is 0.252. The molecule has 4 aromatic carbocycles. The molecule has 40 heavy (non-hydrogen) atoms. The van der Waals surface area contributed by atoms with Crippen LogP contribution in [0, 0.1) is 0 Å². The second kappa shape index (κ2) is 9.43. The fourth-order valence-electron chi connectivity index (χ4n) is 5.47. The van der Waals surface area contributed by atoms with E-state index in [1.54, 1.807) is 4.57 Å². The second-order valence-electron chi connectivity index (χ2n) is 9.83. The Bertz CT molecular complexity index is 1920.